The largest absolute Gasteiger partial charge is 0.491 e. The highest BCUT2D eigenvalue weighted by Gasteiger charge is 2.43. The predicted octanol–water partition coefficient (Wildman–Crippen LogP) is 3.08. The molecule has 0 spiro atoms. The van der Waals surface area contributed by atoms with Crippen molar-refractivity contribution >= 4 is 17.3 Å². The van der Waals surface area contributed by atoms with Gasteiger partial charge in [-0.25, -0.2) is 4.79 Å². The van der Waals surface area contributed by atoms with Gasteiger partial charge < -0.3 is 9.84 Å². The van der Waals surface area contributed by atoms with Gasteiger partial charge in [-0.1, -0.05) is 6.92 Å². The number of carbonyl (C=O) groups is 1. The fourth-order valence-electron chi connectivity index (χ4n) is 1.80. The molecule has 1 fully saturated rings. The summed E-state index contributed by atoms with van der Waals surface area (Å²) >= 11 is 1.26. The van der Waals surface area contributed by atoms with Crippen molar-refractivity contribution < 1.29 is 14.6 Å². The Morgan fingerprint density at radius 2 is 2.39 bits per heavy atom. The number of carboxylic acid groups (broad SMARTS) is 1. The molecule has 0 saturated heterocycles. The summed E-state index contributed by atoms with van der Waals surface area (Å²) in [6, 6.07) is 3.97. The van der Waals surface area contributed by atoms with Crippen molar-refractivity contribution in [3.8, 4) is 11.8 Å². The van der Waals surface area contributed by atoms with Crippen molar-refractivity contribution in [2.45, 2.75) is 32.6 Å². The molecule has 0 bridgehead atoms. The summed E-state index contributed by atoms with van der Waals surface area (Å²) in [5.74, 6) is -0.492. The van der Waals surface area contributed by atoms with Crippen molar-refractivity contribution in [3.05, 3.63) is 15.8 Å². The molecule has 1 N–H and O–H groups in total. The molecule has 1 aromatic heterocycles. The van der Waals surface area contributed by atoms with Gasteiger partial charge in [0.1, 0.15) is 5.75 Å². The molecule has 96 valence electrons. The normalized spacial score (nSPS) is 16.0. The van der Waals surface area contributed by atoms with Crippen LogP contribution in [0, 0.1) is 16.7 Å². The lowest BCUT2D eigenvalue weighted by Crippen LogP contribution is -2.13. The highest BCUT2D eigenvalue weighted by Crippen LogP contribution is 2.49. The van der Waals surface area contributed by atoms with Gasteiger partial charge in [-0.05, 0) is 25.3 Å². The van der Waals surface area contributed by atoms with Crippen LogP contribution in [0.25, 0.3) is 0 Å². The number of rotatable bonds is 6. The molecule has 0 aromatic carbocycles. The molecule has 18 heavy (non-hydrogen) atoms. The van der Waals surface area contributed by atoms with Crippen LogP contribution in [0.2, 0.25) is 0 Å². The third-order valence-corrected chi connectivity index (χ3v) is 4.49. The molecule has 0 aliphatic heterocycles. The molecule has 1 saturated carbocycles. The van der Waals surface area contributed by atoms with E-state index in [1.807, 2.05) is 6.92 Å². The molecule has 0 unspecified atom stereocenters. The minimum Gasteiger partial charge on any atom is -0.491 e. The van der Waals surface area contributed by atoms with Crippen molar-refractivity contribution in [3.63, 3.8) is 0 Å². The standard InChI is InChI=1S/C13H15NO3S/c1-2-9-7-10(11(18-9)12(15)16)17-8-13(3-4-13)5-6-14/h7H,2-5,8H2,1H3,(H,15,16). The summed E-state index contributed by atoms with van der Waals surface area (Å²) in [7, 11) is 0. The summed E-state index contributed by atoms with van der Waals surface area (Å²) in [5, 5.41) is 17.8. The van der Waals surface area contributed by atoms with Gasteiger partial charge in [0.15, 0.2) is 4.88 Å². The molecule has 1 aromatic rings. The second-order valence-corrected chi connectivity index (χ2v) is 5.83. The van der Waals surface area contributed by atoms with E-state index in [0.29, 0.717) is 18.8 Å². The summed E-state index contributed by atoms with van der Waals surface area (Å²) < 4.78 is 5.64. The van der Waals surface area contributed by atoms with Crippen LogP contribution in [0.15, 0.2) is 6.07 Å². The van der Waals surface area contributed by atoms with Crippen LogP contribution in [-0.2, 0) is 6.42 Å². The Morgan fingerprint density at radius 3 is 2.89 bits per heavy atom. The number of thiophene rings is 1. The van der Waals surface area contributed by atoms with E-state index in [9.17, 15) is 4.79 Å². The summed E-state index contributed by atoms with van der Waals surface area (Å²) in [4.78, 5) is 12.4. The minimum atomic E-state index is -0.945. The first-order valence-electron chi connectivity index (χ1n) is 5.96. The Kier molecular flexibility index (Phi) is 3.58. The third kappa shape index (κ3) is 2.65. The van der Waals surface area contributed by atoms with Gasteiger partial charge in [-0.15, -0.1) is 11.3 Å². The van der Waals surface area contributed by atoms with E-state index in [-0.39, 0.29) is 10.3 Å². The van der Waals surface area contributed by atoms with Crippen LogP contribution >= 0.6 is 11.3 Å². The highest BCUT2D eigenvalue weighted by molar-refractivity contribution is 7.14. The average Bonchev–Trinajstić information content (AvgIpc) is 2.97. The molecule has 0 amide bonds. The number of carboxylic acids is 1. The van der Waals surface area contributed by atoms with Gasteiger partial charge in [0.25, 0.3) is 0 Å². The molecule has 2 rings (SSSR count). The van der Waals surface area contributed by atoms with Crippen molar-refractivity contribution in [1.82, 2.24) is 0 Å². The summed E-state index contributed by atoms with van der Waals surface area (Å²) in [6.07, 6.45) is 3.28. The van der Waals surface area contributed by atoms with Gasteiger partial charge in [0.05, 0.1) is 12.7 Å². The second-order valence-electron chi connectivity index (χ2n) is 4.69. The third-order valence-electron chi connectivity index (χ3n) is 3.24. The molecular formula is C13H15NO3S. The number of ether oxygens (including phenoxy) is 1. The maximum atomic E-state index is 11.1. The maximum Gasteiger partial charge on any atom is 0.349 e. The fraction of sp³-hybridized carbons (Fsp3) is 0.538. The molecule has 1 heterocycles. The second kappa shape index (κ2) is 4.99. The Balaban J connectivity index is 2.07. The molecule has 0 atom stereocenters. The number of hydrogen-bond donors (Lipinski definition) is 1. The lowest BCUT2D eigenvalue weighted by atomic mass is 10.1. The van der Waals surface area contributed by atoms with Gasteiger partial charge >= 0.3 is 5.97 Å². The summed E-state index contributed by atoms with van der Waals surface area (Å²) in [5.41, 5.74) is -0.0289. The molecule has 0 radical (unpaired) electrons. The first kappa shape index (κ1) is 12.9. The topological polar surface area (TPSA) is 70.3 Å². The Bertz CT molecular complexity index is 497. The van der Waals surface area contributed by atoms with Crippen LogP contribution < -0.4 is 4.74 Å². The van der Waals surface area contributed by atoms with E-state index in [1.165, 1.54) is 11.3 Å². The van der Waals surface area contributed by atoms with Crippen molar-refractivity contribution in [1.29, 1.82) is 5.26 Å². The van der Waals surface area contributed by atoms with Crippen LogP contribution in [-0.4, -0.2) is 17.7 Å². The van der Waals surface area contributed by atoms with Crippen LogP contribution in [0.4, 0.5) is 0 Å². The molecule has 1 aliphatic rings. The monoisotopic (exact) mass is 265 g/mol. The predicted molar refractivity (Wildman–Crippen MR) is 68.0 cm³/mol. The van der Waals surface area contributed by atoms with Gasteiger partial charge in [0.2, 0.25) is 0 Å². The first-order chi connectivity index (χ1) is 8.60. The van der Waals surface area contributed by atoms with Gasteiger partial charge in [-0.2, -0.15) is 5.26 Å². The number of aromatic carboxylic acids is 1. The zero-order chi connectivity index (χ0) is 13.2. The molecule has 4 nitrogen and oxygen atoms in total. The average molecular weight is 265 g/mol. The SMILES string of the molecule is CCc1cc(OCC2(CC#N)CC2)c(C(=O)O)s1. The smallest absolute Gasteiger partial charge is 0.349 e. The van der Waals surface area contributed by atoms with E-state index in [1.54, 1.807) is 6.07 Å². The maximum absolute atomic E-state index is 11.1. The number of nitrogens with zero attached hydrogens (tertiary/aromatic N) is 1. The van der Waals surface area contributed by atoms with Crippen LogP contribution in [0.3, 0.4) is 0 Å². The molecular weight excluding hydrogens is 250 g/mol. The Morgan fingerprint density at radius 1 is 1.67 bits per heavy atom. The van der Waals surface area contributed by atoms with Gasteiger partial charge in [-0.3, -0.25) is 0 Å². The van der Waals surface area contributed by atoms with Crippen molar-refractivity contribution in [2.75, 3.05) is 6.61 Å². The number of aryl methyl sites for hydroxylation is 1. The number of nitriles is 1. The lowest BCUT2D eigenvalue weighted by Gasteiger charge is -2.12. The number of hydrogen-bond acceptors (Lipinski definition) is 4. The van der Waals surface area contributed by atoms with Crippen LogP contribution in [0.5, 0.6) is 5.75 Å². The Labute approximate surface area is 110 Å². The lowest BCUT2D eigenvalue weighted by molar-refractivity contribution is 0.0696. The van der Waals surface area contributed by atoms with Crippen molar-refractivity contribution in [2.24, 2.45) is 5.41 Å². The highest BCUT2D eigenvalue weighted by atomic mass is 32.1. The van der Waals surface area contributed by atoms with E-state index in [4.69, 9.17) is 15.1 Å². The van der Waals surface area contributed by atoms with E-state index >= 15 is 0 Å². The zero-order valence-electron chi connectivity index (χ0n) is 10.2. The fourth-order valence-corrected chi connectivity index (χ4v) is 2.68. The zero-order valence-corrected chi connectivity index (χ0v) is 11.0. The van der Waals surface area contributed by atoms with E-state index < -0.39 is 5.97 Å². The quantitative estimate of drug-likeness (QED) is 0.858. The van der Waals surface area contributed by atoms with E-state index in [0.717, 1.165) is 24.1 Å². The first-order valence-corrected chi connectivity index (χ1v) is 6.77. The van der Waals surface area contributed by atoms with Crippen LogP contribution in [0.1, 0.15) is 40.7 Å². The minimum absolute atomic E-state index is 0.0289. The van der Waals surface area contributed by atoms with E-state index in [2.05, 4.69) is 6.07 Å². The molecule has 1 aliphatic carbocycles. The van der Waals surface area contributed by atoms with Gasteiger partial charge in [0, 0.05) is 16.7 Å². The Hall–Kier alpha value is -1.54. The molecule has 5 heteroatoms. The summed E-state index contributed by atoms with van der Waals surface area (Å²) in [6.45, 7) is 2.43.